The monoisotopic (exact) mass is 275 g/mol. The number of rotatable bonds is 4. The van der Waals surface area contributed by atoms with Gasteiger partial charge < -0.3 is 4.74 Å². The van der Waals surface area contributed by atoms with Crippen molar-refractivity contribution < 1.29 is 14.1 Å². The van der Waals surface area contributed by atoms with Gasteiger partial charge in [-0.2, -0.15) is 0 Å². The number of nitro benzene ring substituents is 1. The maximum Gasteiger partial charge on any atom is 0.272 e. The summed E-state index contributed by atoms with van der Waals surface area (Å²) >= 11 is 0. The van der Waals surface area contributed by atoms with Crippen LogP contribution in [0.5, 0.6) is 11.5 Å². The number of benzene rings is 2. The molecule has 0 aliphatic rings. The average Bonchev–Trinajstić information content (AvgIpc) is 2.41. The van der Waals surface area contributed by atoms with Crippen molar-refractivity contribution in [2.45, 2.75) is 19.8 Å². The van der Waals surface area contributed by atoms with Crippen LogP contribution in [-0.4, -0.2) is 4.92 Å². The maximum atomic E-state index is 13.8. The van der Waals surface area contributed by atoms with Crippen molar-refractivity contribution >= 4 is 5.69 Å². The van der Waals surface area contributed by atoms with E-state index in [1.165, 1.54) is 12.1 Å². The first kappa shape index (κ1) is 14.0. The quantitative estimate of drug-likeness (QED) is 0.602. The van der Waals surface area contributed by atoms with Crippen molar-refractivity contribution in [2.24, 2.45) is 0 Å². The molecule has 0 N–H and O–H groups in total. The molecular weight excluding hydrogens is 261 g/mol. The molecule has 2 rings (SSSR count). The van der Waals surface area contributed by atoms with Crippen molar-refractivity contribution in [3.8, 4) is 11.5 Å². The Morgan fingerprint density at radius 3 is 2.45 bits per heavy atom. The molecule has 0 radical (unpaired) electrons. The number of nitrogens with zero attached hydrogens (tertiary/aromatic N) is 1. The standard InChI is InChI=1S/C15H14FNO3/c1-10(2)12-5-3-4-6-14(12)20-15-8-7-11(17(18)19)9-13(15)16/h3-10H,1-2H3. The van der Waals surface area contributed by atoms with Gasteiger partial charge >= 0.3 is 0 Å². The van der Waals surface area contributed by atoms with Crippen LogP contribution in [0.2, 0.25) is 0 Å². The molecule has 5 heteroatoms. The molecule has 0 amide bonds. The summed E-state index contributed by atoms with van der Waals surface area (Å²) in [6.07, 6.45) is 0. The van der Waals surface area contributed by atoms with Gasteiger partial charge in [0.1, 0.15) is 5.75 Å². The number of para-hydroxylation sites is 1. The summed E-state index contributed by atoms with van der Waals surface area (Å²) in [6.45, 7) is 4.02. The lowest BCUT2D eigenvalue weighted by atomic mass is 10.0. The van der Waals surface area contributed by atoms with Gasteiger partial charge in [0.2, 0.25) is 0 Å². The second-order valence-corrected chi connectivity index (χ2v) is 4.67. The van der Waals surface area contributed by atoms with Crippen LogP contribution < -0.4 is 4.74 Å². The molecule has 104 valence electrons. The predicted octanol–water partition coefficient (Wildman–Crippen LogP) is 4.65. The van der Waals surface area contributed by atoms with Crippen molar-refractivity contribution in [3.63, 3.8) is 0 Å². The summed E-state index contributed by atoms with van der Waals surface area (Å²) < 4.78 is 19.3. The number of nitro groups is 1. The zero-order chi connectivity index (χ0) is 14.7. The van der Waals surface area contributed by atoms with Gasteiger partial charge in [-0.05, 0) is 23.6 Å². The van der Waals surface area contributed by atoms with Gasteiger partial charge in [-0.1, -0.05) is 32.0 Å². The number of hydrogen-bond donors (Lipinski definition) is 0. The van der Waals surface area contributed by atoms with E-state index in [2.05, 4.69) is 0 Å². The van der Waals surface area contributed by atoms with Gasteiger partial charge in [0.25, 0.3) is 5.69 Å². The first-order valence-electron chi connectivity index (χ1n) is 6.19. The zero-order valence-corrected chi connectivity index (χ0v) is 11.2. The molecular formula is C15H14FNO3. The minimum Gasteiger partial charge on any atom is -0.454 e. The van der Waals surface area contributed by atoms with Crippen LogP contribution in [0.3, 0.4) is 0 Å². The topological polar surface area (TPSA) is 52.4 Å². The number of ether oxygens (including phenoxy) is 1. The molecule has 0 aromatic heterocycles. The normalized spacial score (nSPS) is 10.6. The fourth-order valence-electron chi connectivity index (χ4n) is 1.85. The second kappa shape index (κ2) is 5.69. The van der Waals surface area contributed by atoms with Crippen molar-refractivity contribution in [3.05, 3.63) is 64.0 Å². The molecule has 0 bridgehead atoms. The fourth-order valence-corrected chi connectivity index (χ4v) is 1.85. The van der Waals surface area contributed by atoms with E-state index in [1.807, 2.05) is 26.0 Å². The lowest BCUT2D eigenvalue weighted by molar-refractivity contribution is -0.385. The Labute approximate surface area is 116 Å². The largest absolute Gasteiger partial charge is 0.454 e. The third-order valence-corrected chi connectivity index (χ3v) is 2.89. The molecule has 20 heavy (non-hydrogen) atoms. The van der Waals surface area contributed by atoms with Crippen LogP contribution in [0.1, 0.15) is 25.3 Å². The van der Waals surface area contributed by atoms with Gasteiger partial charge in [0.15, 0.2) is 11.6 Å². The van der Waals surface area contributed by atoms with Gasteiger partial charge in [0, 0.05) is 6.07 Å². The van der Waals surface area contributed by atoms with Crippen molar-refractivity contribution in [1.82, 2.24) is 0 Å². The summed E-state index contributed by atoms with van der Waals surface area (Å²) in [4.78, 5) is 9.92. The molecule has 0 unspecified atom stereocenters. The van der Waals surface area contributed by atoms with Crippen LogP contribution >= 0.6 is 0 Å². The molecule has 0 aliphatic carbocycles. The summed E-state index contributed by atoms with van der Waals surface area (Å²) in [5.74, 6) is 0.00372. The average molecular weight is 275 g/mol. The predicted molar refractivity (Wildman–Crippen MR) is 73.7 cm³/mol. The summed E-state index contributed by atoms with van der Waals surface area (Å²) in [6, 6.07) is 10.7. The van der Waals surface area contributed by atoms with Crippen LogP contribution in [0.15, 0.2) is 42.5 Å². The van der Waals surface area contributed by atoms with E-state index < -0.39 is 10.7 Å². The molecule has 2 aromatic carbocycles. The summed E-state index contributed by atoms with van der Waals surface area (Å²) in [7, 11) is 0. The molecule has 0 atom stereocenters. The van der Waals surface area contributed by atoms with Gasteiger partial charge in [0.05, 0.1) is 11.0 Å². The molecule has 0 saturated heterocycles. The lowest BCUT2D eigenvalue weighted by Crippen LogP contribution is -1.96. The highest BCUT2D eigenvalue weighted by Crippen LogP contribution is 2.32. The van der Waals surface area contributed by atoms with Gasteiger partial charge in [-0.25, -0.2) is 4.39 Å². The van der Waals surface area contributed by atoms with E-state index in [0.717, 1.165) is 11.6 Å². The highest BCUT2D eigenvalue weighted by Gasteiger charge is 2.14. The fraction of sp³-hybridized carbons (Fsp3) is 0.200. The number of non-ortho nitro benzene ring substituents is 1. The molecule has 4 nitrogen and oxygen atoms in total. The van der Waals surface area contributed by atoms with Gasteiger partial charge in [-0.3, -0.25) is 10.1 Å². The molecule has 0 aliphatic heterocycles. The molecule has 0 saturated carbocycles. The summed E-state index contributed by atoms with van der Waals surface area (Å²) in [5, 5.41) is 10.6. The Bertz CT molecular complexity index is 641. The van der Waals surface area contributed by atoms with Gasteiger partial charge in [-0.15, -0.1) is 0 Å². The van der Waals surface area contributed by atoms with E-state index in [0.29, 0.717) is 5.75 Å². The van der Waals surface area contributed by atoms with Crippen molar-refractivity contribution in [2.75, 3.05) is 0 Å². The highest BCUT2D eigenvalue weighted by molar-refractivity contribution is 5.43. The van der Waals surface area contributed by atoms with E-state index >= 15 is 0 Å². The number of halogens is 1. The summed E-state index contributed by atoms with van der Waals surface area (Å²) in [5.41, 5.74) is 0.650. The van der Waals surface area contributed by atoms with Crippen molar-refractivity contribution in [1.29, 1.82) is 0 Å². The van der Waals surface area contributed by atoms with Crippen LogP contribution in [0, 0.1) is 15.9 Å². The zero-order valence-electron chi connectivity index (χ0n) is 11.2. The Balaban J connectivity index is 2.33. The molecule has 2 aromatic rings. The van der Waals surface area contributed by atoms with Crippen LogP contribution in [-0.2, 0) is 0 Å². The molecule has 0 heterocycles. The molecule has 0 fully saturated rings. The maximum absolute atomic E-state index is 13.8. The number of hydrogen-bond acceptors (Lipinski definition) is 3. The van der Waals surface area contributed by atoms with E-state index in [-0.39, 0.29) is 17.4 Å². The highest BCUT2D eigenvalue weighted by atomic mass is 19.1. The third-order valence-electron chi connectivity index (χ3n) is 2.89. The first-order valence-corrected chi connectivity index (χ1v) is 6.19. The second-order valence-electron chi connectivity index (χ2n) is 4.67. The Morgan fingerprint density at radius 1 is 1.15 bits per heavy atom. The lowest BCUT2D eigenvalue weighted by Gasteiger charge is -2.13. The first-order chi connectivity index (χ1) is 9.49. The Morgan fingerprint density at radius 2 is 1.85 bits per heavy atom. The Hall–Kier alpha value is -2.43. The SMILES string of the molecule is CC(C)c1ccccc1Oc1ccc([N+](=O)[O-])cc1F. The van der Waals surface area contributed by atoms with E-state index in [1.54, 1.807) is 12.1 Å². The van der Waals surface area contributed by atoms with Crippen LogP contribution in [0.25, 0.3) is 0 Å². The minimum atomic E-state index is -0.752. The van der Waals surface area contributed by atoms with E-state index in [4.69, 9.17) is 4.74 Å². The van der Waals surface area contributed by atoms with Crippen LogP contribution in [0.4, 0.5) is 10.1 Å². The minimum absolute atomic E-state index is 0.0244. The third kappa shape index (κ3) is 2.93. The molecule has 0 spiro atoms. The van der Waals surface area contributed by atoms with E-state index in [9.17, 15) is 14.5 Å². The smallest absolute Gasteiger partial charge is 0.272 e. The Kier molecular flexibility index (Phi) is 3.98.